The van der Waals surface area contributed by atoms with Crippen molar-refractivity contribution in [3.8, 4) is 0 Å². The summed E-state index contributed by atoms with van der Waals surface area (Å²) < 4.78 is 56.9. The Balaban J connectivity index is 1.51. The fourth-order valence-electron chi connectivity index (χ4n) is 5.03. The Hall–Kier alpha value is -2.01. The summed E-state index contributed by atoms with van der Waals surface area (Å²) in [6.07, 6.45) is 0.259. The van der Waals surface area contributed by atoms with Crippen LogP contribution in [0.5, 0.6) is 0 Å². The predicted molar refractivity (Wildman–Crippen MR) is 131 cm³/mol. The maximum atomic E-state index is 14.1. The van der Waals surface area contributed by atoms with Crippen molar-refractivity contribution in [2.75, 3.05) is 18.5 Å². The molecular formula is C24H27ClF3N5OS. The number of aromatic nitrogens is 3. The van der Waals surface area contributed by atoms with E-state index in [1.54, 1.807) is 45.2 Å². The number of alkyl halides is 3. The lowest BCUT2D eigenvalue weighted by Crippen LogP contribution is -2.46. The van der Waals surface area contributed by atoms with Gasteiger partial charge in [0.2, 0.25) is 0 Å². The van der Waals surface area contributed by atoms with E-state index in [0.717, 1.165) is 47.2 Å². The van der Waals surface area contributed by atoms with Crippen molar-refractivity contribution < 1.29 is 17.7 Å². The van der Waals surface area contributed by atoms with Gasteiger partial charge >= 0.3 is 6.18 Å². The normalized spacial score (nSPS) is 19.3. The van der Waals surface area contributed by atoms with Crippen molar-refractivity contribution in [2.45, 2.75) is 62.4 Å². The van der Waals surface area contributed by atoms with Crippen LogP contribution >= 0.6 is 11.6 Å². The van der Waals surface area contributed by atoms with Gasteiger partial charge in [0.15, 0.2) is 16.8 Å². The van der Waals surface area contributed by atoms with Crippen LogP contribution in [-0.4, -0.2) is 48.0 Å². The number of hydrogen-bond acceptors (Lipinski definition) is 5. The minimum atomic E-state index is -4.58. The van der Waals surface area contributed by atoms with Gasteiger partial charge in [0.05, 0.1) is 17.6 Å². The first-order valence-corrected chi connectivity index (χ1v) is 12.9. The molecule has 0 saturated heterocycles. The number of halogens is 4. The van der Waals surface area contributed by atoms with Gasteiger partial charge in [-0.1, -0.05) is 23.7 Å². The lowest BCUT2D eigenvalue weighted by atomic mass is 9.91. The average molecular weight is 526 g/mol. The zero-order valence-electron chi connectivity index (χ0n) is 19.9. The van der Waals surface area contributed by atoms with E-state index in [2.05, 4.69) is 15.0 Å². The maximum absolute atomic E-state index is 14.1. The van der Waals surface area contributed by atoms with Gasteiger partial charge in [-0.15, -0.1) is 4.31 Å². The molecule has 0 amide bonds. The molecule has 3 aromatic rings. The van der Waals surface area contributed by atoms with E-state index in [1.165, 1.54) is 19.2 Å². The molecule has 5 rings (SSSR count). The summed E-state index contributed by atoms with van der Waals surface area (Å²) in [6.45, 7) is 5.71. The molecule has 2 aromatic heterocycles. The topological polar surface area (TPSA) is 59.7 Å². The van der Waals surface area contributed by atoms with Gasteiger partial charge in [0, 0.05) is 42.1 Å². The number of anilines is 2. The standard InChI is InChI=1S/C24H27ClF3N5OS/c1-22(2,3)35(34)31(4)20(24(26,27)28)15-5-7-16(8-6-15)32-12-11-23(9-10-23)21-17(32)14-29-19-13-18(25)30-33(19)21/h5-8,13-14,20H,9-12H2,1-4H3/t20-,35+/m0/s1. The zero-order valence-corrected chi connectivity index (χ0v) is 21.5. The highest BCUT2D eigenvalue weighted by molar-refractivity contribution is 7.90. The highest BCUT2D eigenvalue weighted by atomic mass is 35.5. The molecule has 3 heterocycles. The van der Waals surface area contributed by atoms with Gasteiger partial charge in [0.1, 0.15) is 4.75 Å². The molecule has 0 bridgehead atoms. The second kappa shape index (κ2) is 8.26. The van der Waals surface area contributed by atoms with Crippen LogP contribution in [0.4, 0.5) is 24.5 Å². The number of rotatable bonds is 4. The van der Waals surface area contributed by atoms with Gasteiger partial charge in [-0.3, -0.25) is 0 Å². The van der Waals surface area contributed by atoms with E-state index in [1.807, 2.05) is 4.52 Å². The molecular weight excluding hydrogens is 499 g/mol. The van der Waals surface area contributed by atoms with Crippen LogP contribution in [0.2, 0.25) is 5.15 Å². The molecule has 1 aromatic carbocycles. The number of nitrogens with zero attached hydrogens (tertiary/aromatic N) is 5. The Morgan fingerprint density at radius 3 is 2.37 bits per heavy atom. The summed E-state index contributed by atoms with van der Waals surface area (Å²) >= 11 is 4.31. The summed E-state index contributed by atoms with van der Waals surface area (Å²) in [5.41, 5.74) is 3.49. The van der Waals surface area contributed by atoms with Gasteiger partial charge in [-0.05, 0) is 57.7 Å². The van der Waals surface area contributed by atoms with Crippen LogP contribution in [0.1, 0.15) is 57.3 Å². The van der Waals surface area contributed by atoms with E-state index in [-0.39, 0.29) is 11.0 Å². The molecule has 1 spiro atoms. The minimum absolute atomic E-state index is 0.0451. The molecule has 2 atom stereocenters. The van der Waals surface area contributed by atoms with Gasteiger partial charge < -0.3 is 9.45 Å². The molecule has 0 N–H and O–H groups in total. The van der Waals surface area contributed by atoms with Crippen LogP contribution in [-0.2, 0) is 16.8 Å². The zero-order chi connectivity index (χ0) is 25.3. The summed E-state index contributed by atoms with van der Waals surface area (Å²) in [7, 11) is 1.26. The molecule has 1 aliphatic carbocycles. The van der Waals surface area contributed by atoms with E-state index < -0.39 is 28.3 Å². The van der Waals surface area contributed by atoms with Crippen molar-refractivity contribution >= 4 is 40.0 Å². The first kappa shape index (κ1) is 24.7. The average Bonchev–Trinajstić information content (AvgIpc) is 3.43. The second-order valence-corrected chi connectivity index (χ2v) is 13.0. The maximum Gasteiger partial charge on any atom is 0.412 e. The van der Waals surface area contributed by atoms with Crippen LogP contribution in [0.3, 0.4) is 0 Å². The summed E-state index contributed by atoms with van der Waals surface area (Å²) in [6, 6.07) is 6.07. The Morgan fingerprint density at radius 1 is 1.14 bits per heavy atom. The summed E-state index contributed by atoms with van der Waals surface area (Å²) in [4.78, 5) is 6.59. The smallest absolute Gasteiger partial charge is 0.412 e. The first-order valence-electron chi connectivity index (χ1n) is 11.5. The monoisotopic (exact) mass is 525 g/mol. The Kier molecular flexibility index (Phi) is 5.82. The third-order valence-electron chi connectivity index (χ3n) is 6.87. The molecule has 6 nitrogen and oxygen atoms in total. The third-order valence-corrected chi connectivity index (χ3v) is 8.84. The Labute approximate surface area is 210 Å². The number of fused-ring (bicyclic) bond motifs is 4. The molecule has 0 radical (unpaired) electrons. The van der Waals surface area contributed by atoms with Crippen molar-refractivity contribution in [1.29, 1.82) is 0 Å². The fourth-order valence-corrected chi connectivity index (χ4v) is 6.50. The van der Waals surface area contributed by atoms with Crippen molar-refractivity contribution in [1.82, 2.24) is 18.9 Å². The molecule has 1 fully saturated rings. The molecule has 1 aliphatic heterocycles. The number of hydrogen-bond donors (Lipinski definition) is 0. The van der Waals surface area contributed by atoms with Crippen molar-refractivity contribution in [2.24, 2.45) is 0 Å². The van der Waals surface area contributed by atoms with Gasteiger partial charge in [-0.2, -0.15) is 18.3 Å². The van der Waals surface area contributed by atoms with Crippen LogP contribution in [0.25, 0.3) is 5.65 Å². The number of benzene rings is 1. The Morgan fingerprint density at radius 2 is 1.80 bits per heavy atom. The summed E-state index contributed by atoms with van der Waals surface area (Å²) in [5.74, 6) is 0. The lowest BCUT2D eigenvalue weighted by molar-refractivity contribution is -0.171. The largest absolute Gasteiger partial charge is 0.597 e. The molecule has 35 heavy (non-hydrogen) atoms. The van der Waals surface area contributed by atoms with Crippen LogP contribution in [0.15, 0.2) is 36.5 Å². The molecule has 188 valence electrons. The molecule has 1 saturated carbocycles. The fraction of sp³-hybridized carbons (Fsp3) is 0.500. The van der Waals surface area contributed by atoms with E-state index in [4.69, 9.17) is 11.6 Å². The van der Waals surface area contributed by atoms with E-state index in [9.17, 15) is 17.7 Å². The second-order valence-electron chi connectivity index (χ2n) is 10.4. The lowest BCUT2D eigenvalue weighted by Gasteiger charge is -2.37. The Bertz CT molecular complexity index is 1250. The van der Waals surface area contributed by atoms with Crippen molar-refractivity contribution in [3.63, 3.8) is 0 Å². The van der Waals surface area contributed by atoms with Gasteiger partial charge in [0.25, 0.3) is 0 Å². The highest BCUT2D eigenvalue weighted by Gasteiger charge is 2.52. The predicted octanol–water partition coefficient (Wildman–Crippen LogP) is 5.95. The van der Waals surface area contributed by atoms with E-state index in [0.29, 0.717) is 10.8 Å². The third kappa shape index (κ3) is 4.28. The molecule has 11 heteroatoms. The van der Waals surface area contributed by atoms with Gasteiger partial charge in [-0.25, -0.2) is 9.50 Å². The van der Waals surface area contributed by atoms with Crippen LogP contribution in [0, 0.1) is 0 Å². The minimum Gasteiger partial charge on any atom is -0.597 e. The highest BCUT2D eigenvalue weighted by Crippen LogP contribution is 2.57. The first-order chi connectivity index (χ1) is 16.3. The molecule has 0 unspecified atom stereocenters. The van der Waals surface area contributed by atoms with Crippen molar-refractivity contribution in [3.05, 3.63) is 52.9 Å². The quantitative estimate of drug-likeness (QED) is 0.394. The van der Waals surface area contributed by atoms with Crippen LogP contribution < -0.4 is 4.90 Å². The molecule has 2 aliphatic rings. The SMILES string of the molecule is CN([C@@H](c1ccc(N2CCC3(CC3)c3c2cnc2cc(Cl)nn32)cc1)C(F)(F)F)[S@+]([O-])C(C)(C)C. The summed E-state index contributed by atoms with van der Waals surface area (Å²) in [5, 5.41) is 4.82. The van der Waals surface area contributed by atoms with E-state index >= 15 is 0 Å².